The van der Waals surface area contributed by atoms with Gasteiger partial charge in [-0.3, -0.25) is 14.7 Å². The summed E-state index contributed by atoms with van der Waals surface area (Å²) in [5, 5.41) is 23.1. The predicted octanol–water partition coefficient (Wildman–Crippen LogP) is 3.79. The van der Waals surface area contributed by atoms with Crippen LogP contribution in [0.3, 0.4) is 0 Å². The number of anilines is 2. The number of amides is 1. The van der Waals surface area contributed by atoms with Crippen molar-refractivity contribution in [1.29, 1.82) is 0 Å². The number of thiophene rings is 1. The molecule has 0 aliphatic carbocycles. The Morgan fingerprint density at radius 2 is 2.02 bits per heavy atom. The molecule has 3 aromatic heterocycles. The van der Waals surface area contributed by atoms with Crippen LogP contribution in [0.25, 0.3) is 10.2 Å². The Morgan fingerprint density at radius 1 is 1.17 bits per heavy atom. The van der Waals surface area contributed by atoms with E-state index in [0.717, 1.165) is 32.0 Å². The molecule has 0 fully saturated rings. The van der Waals surface area contributed by atoms with Gasteiger partial charge in [0.2, 0.25) is 5.91 Å². The lowest BCUT2D eigenvalue weighted by molar-refractivity contribution is -0.126. The molecule has 0 atom stereocenters. The van der Waals surface area contributed by atoms with Gasteiger partial charge in [0.25, 0.3) is 0 Å². The van der Waals surface area contributed by atoms with Crippen molar-refractivity contribution in [3.8, 4) is 5.75 Å². The third-order valence-electron chi connectivity index (χ3n) is 6.70. The average molecular weight is 595 g/mol. The number of halogens is 1. The maximum Gasteiger partial charge on any atom is 0.246 e. The highest BCUT2D eigenvalue weighted by atomic mass is 35.5. The summed E-state index contributed by atoms with van der Waals surface area (Å²) in [4.78, 5) is 31.8. The minimum atomic E-state index is -0.0644. The first kappa shape index (κ1) is 28.9. The number of carbonyl (C=O) groups is 1. The van der Waals surface area contributed by atoms with Crippen molar-refractivity contribution < 1.29 is 19.7 Å². The van der Waals surface area contributed by atoms with Crippen LogP contribution in [0.1, 0.15) is 16.1 Å². The quantitative estimate of drug-likeness (QED) is 0.210. The van der Waals surface area contributed by atoms with Crippen LogP contribution in [0.4, 0.5) is 11.5 Å². The van der Waals surface area contributed by atoms with Gasteiger partial charge >= 0.3 is 0 Å². The molecule has 1 aromatic carbocycles. The molecule has 10 nitrogen and oxygen atoms in total. The molecule has 1 aliphatic rings. The molecule has 1 aliphatic heterocycles. The number of hydrogen-bond donors (Lipinski definition) is 3. The van der Waals surface area contributed by atoms with Crippen molar-refractivity contribution in [2.45, 2.75) is 19.6 Å². The molecule has 0 unspecified atom stereocenters. The van der Waals surface area contributed by atoms with Crippen molar-refractivity contribution in [2.75, 3.05) is 44.7 Å². The minimum absolute atomic E-state index is 0.00179. The van der Waals surface area contributed by atoms with Gasteiger partial charge in [0.15, 0.2) is 0 Å². The molecular formula is C29H31ClN6O4S. The predicted molar refractivity (Wildman–Crippen MR) is 160 cm³/mol. The van der Waals surface area contributed by atoms with E-state index in [9.17, 15) is 4.79 Å². The second kappa shape index (κ2) is 13.8. The van der Waals surface area contributed by atoms with E-state index in [1.165, 1.54) is 6.33 Å². The Labute approximate surface area is 246 Å². The van der Waals surface area contributed by atoms with E-state index < -0.39 is 0 Å². The highest BCUT2D eigenvalue weighted by molar-refractivity contribution is 7.19. The summed E-state index contributed by atoms with van der Waals surface area (Å²) in [6.07, 6.45) is 7.30. The molecule has 3 N–H and O–H groups in total. The SMILES string of the molecule is O=C(/C=C/CN(CCO)CCO)N1CCc2c(sc3ncnc(Nc4ccc(OCc5ccccn5)c(Cl)c4)c23)C1. The van der Waals surface area contributed by atoms with Crippen LogP contribution in [0.15, 0.2) is 61.1 Å². The number of benzene rings is 1. The van der Waals surface area contributed by atoms with E-state index in [4.69, 9.17) is 26.6 Å². The molecule has 214 valence electrons. The lowest BCUT2D eigenvalue weighted by atomic mass is 10.0. The molecule has 4 aromatic rings. The van der Waals surface area contributed by atoms with E-state index in [0.29, 0.717) is 62.3 Å². The second-order valence-electron chi connectivity index (χ2n) is 9.45. The second-order valence-corrected chi connectivity index (χ2v) is 10.9. The van der Waals surface area contributed by atoms with Gasteiger partial charge in [0.1, 0.15) is 29.3 Å². The zero-order valence-corrected chi connectivity index (χ0v) is 23.9. The summed E-state index contributed by atoms with van der Waals surface area (Å²) in [5.74, 6) is 1.20. The van der Waals surface area contributed by atoms with Crippen molar-refractivity contribution in [2.24, 2.45) is 0 Å². The molecule has 0 saturated carbocycles. The topological polar surface area (TPSA) is 124 Å². The van der Waals surface area contributed by atoms with Gasteiger partial charge in [-0.1, -0.05) is 23.7 Å². The van der Waals surface area contributed by atoms with Crippen LogP contribution in [0.2, 0.25) is 5.02 Å². The van der Waals surface area contributed by atoms with Gasteiger partial charge in [-0.2, -0.15) is 0 Å². The van der Waals surface area contributed by atoms with Crippen LogP contribution in [0, 0.1) is 0 Å². The molecular weight excluding hydrogens is 564 g/mol. The Kier molecular flexibility index (Phi) is 9.75. The van der Waals surface area contributed by atoms with Crippen LogP contribution in [-0.4, -0.2) is 80.3 Å². The van der Waals surface area contributed by atoms with Gasteiger partial charge in [-0.15, -0.1) is 11.3 Å². The van der Waals surface area contributed by atoms with E-state index in [2.05, 4.69) is 20.3 Å². The van der Waals surface area contributed by atoms with E-state index >= 15 is 0 Å². The highest BCUT2D eigenvalue weighted by Gasteiger charge is 2.25. The molecule has 4 heterocycles. The fourth-order valence-corrected chi connectivity index (χ4v) is 6.10. The minimum Gasteiger partial charge on any atom is -0.486 e. The molecule has 12 heteroatoms. The van der Waals surface area contributed by atoms with Gasteiger partial charge in [0, 0.05) is 49.0 Å². The van der Waals surface area contributed by atoms with Crippen LogP contribution < -0.4 is 10.1 Å². The maximum atomic E-state index is 12.9. The van der Waals surface area contributed by atoms with Crippen molar-refractivity contribution in [3.63, 3.8) is 0 Å². The van der Waals surface area contributed by atoms with Crippen molar-refractivity contribution in [3.05, 3.63) is 82.2 Å². The van der Waals surface area contributed by atoms with Gasteiger partial charge < -0.3 is 25.2 Å². The molecule has 5 rings (SSSR count). The maximum absolute atomic E-state index is 12.9. The molecule has 0 spiro atoms. The number of ether oxygens (including phenoxy) is 1. The smallest absolute Gasteiger partial charge is 0.246 e. The number of carbonyl (C=O) groups excluding carboxylic acids is 1. The average Bonchev–Trinajstić information content (AvgIpc) is 3.36. The van der Waals surface area contributed by atoms with Gasteiger partial charge in [0.05, 0.1) is 35.9 Å². The standard InChI is InChI=1S/C29H31ClN6O4S/c30-23-16-20(6-7-24(23)40-18-21-4-1-2-9-31-21)34-28-27-22-8-11-36(17-25(22)41-29(27)33-19-32-28)26(39)5-3-10-35(12-14-37)13-15-38/h1-7,9,16,19,37-38H,8,10-15,17-18H2,(H,32,33,34)/b5-3+. The number of fused-ring (bicyclic) bond motifs is 3. The monoisotopic (exact) mass is 594 g/mol. The lowest BCUT2D eigenvalue weighted by Crippen LogP contribution is -2.34. The molecule has 0 saturated heterocycles. The Bertz CT molecular complexity index is 1510. The number of aromatic nitrogens is 3. The van der Waals surface area contributed by atoms with Gasteiger partial charge in [-0.25, -0.2) is 9.97 Å². The number of aliphatic hydroxyl groups is 2. The summed E-state index contributed by atoms with van der Waals surface area (Å²) in [6, 6.07) is 11.2. The Morgan fingerprint density at radius 3 is 2.78 bits per heavy atom. The van der Waals surface area contributed by atoms with E-state index in [1.807, 2.05) is 40.1 Å². The summed E-state index contributed by atoms with van der Waals surface area (Å²) in [6.45, 7) is 2.79. The Balaban J connectivity index is 1.26. The first-order valence-corrected chi connectivity index (χ1v) is 14.5. The third kappa shape index (κ3) is 7.19. The third-order valence-corrected chi connectivity index (χ3v) is 8.12. The first-order valence-electron chi connectivity index (χ1n) is 13.3. The number of rotatable bonds is 12. The van der Waals surface area contributed by atoms with Crippen LogP contribution >= 0.6 is 22.9 Å². The Hall–Kier alpha value is -3.61. The van der Waals surface area contributed by atoms with Crippen molar-refractivity contribution in [1.82, 2.24) is 24.8 Å². The molecule has 0 bridgehead atoms. The number of nitrogens with zero attached hydrogens (tertiary/aromatic N) is 5. The zero-order valence-electron chi connectivity index (χ0n) is 22.4. The molecule has 0 radical (unpaired) electrons. The van der Waals surface area contributed by atoms with E-state index in [1.54, 1.807) is 35.8 Å². The number of nitrogens with one attached hydrogen (secondary N) is 1. The van der Waals surface area contributed by atoms with Gasteiger partial charge in [-0.05, 0) is 42.3 Å². The molecule has 41 heavy (non-hydrogen) atoms. The fourth-order valence-electron chi connectivity index (χ4n) is 4.66. The molecule has 1 amide bonds. The summed E-state index contributed by atoms with van der Waals surface area (Å²) >= 11 is 8.09. The number of aliphatic hydroxyl groups excluding tert-OH is 2. The lowest BCUT2D eigenvalue weighted by Gasteiger charge is -2.26. The zero-order chi connectivity index (χ0) is 28.6. The summed E-state index contributed by atoms with van der Waals surface area (Å²) < 4.78 is 5.84. The number of hydrogen-bond acceptors (Lipinski definition) is 10. The summed E-state index contributed by atoms with van der Waals surface area (Å²) in [7, 11) is 0. The van der Waals surface area contributed by atoms with Crippen LogP contribution in [0.5, 0.6) is 5.75 Å². The van der Waals surface area contributed by atoms with Crippen LogP contribution in [-0.2, 0) is 24.4 Å². The summed E-state index contributed by atoms with van der Waals surface area (Å²) in [5.41, 5.74) is 2.74. The van der Waals surface area contributed by atoms with Crippen molar-refractivity contribution >= 4 is 50.6 Å². The fraction of sp³-hybridized carbons (Fsp3) is 0.310. The largest absolute Gasteiger partial charge is 0.486 e. The van der Waals surface area contributed by atoms with E-state index in [-0.39, 0.29) is 19.1 Å². The first-order chi connectivity index (χ1) is 20.1. The normalized spacial score (nSPS) is 13.2. The number of pyridine rings is 1. The highest BCUT2D eigenvalue weighted by Crippen LogP contribution is 2.38.